The van der Waals surface area contributed by atoms with Crippen molar-refractivity contribution in [2.75, 3.05) is 7.11 Å². The molecule has 0 fully saturated rings. The Bertz CT molecular complexity index is 580. The number of benzene rings is 1. The van der Waals surface area contributed by atoms with Crippen molar-refractivity contribution >= 4 is 5.97 Å². The van der Waals surface area contributed by atoms with E-state index in [0.29, 0.717) is 12.4 Å². The Labute approximate surface area is 116 Å². The molecule has 2 aromatic rings. The normalized spacial score (nSPS) is 12.1. The Hall–Kier alpha value is -2.44. The van der Waals surface area contributed by atoms with Crippen LogP contribution in [0, 0.1) is 5.92 Å². The zero-order chi connectivity index (χ0) is 14.5. The van der Waals surface area contributed by atoms with Gasteiger partial charge in [0.1, 0.15) is 5.75 Å². The number of aromatic nitrogens is 4. The fourth-order valence-corrected chi connectivity index (χ4v) is 1.93. The van der Waals surface area contributed by atoms with Gasteiger partial charge in [-0.1, -0.05) is 6.92 Å². The molecule has 1 N–H and O–H groups in total. The van der Waals surface area contributed by atoms with Crippen LogP contribution in [0.1, 0.15) is 13.3 Å². The molecule has 1 aromatic carbocycles. The fraction of sp³-hybridized carbons (Fsp3) is 0.385. The number of nitrogens with zero attached hydrogens (tertiary/aromatic N) is 4. The summed E-state index contributed by atoms with van der Waals surface area (Å²) in [6, 6.07) is 7.38. The minimum absolute atomic E-state index is 0.0481. The molecule has 1 atom stereocenters. The predicted octanol–water partition coefficient (Wildman–Crippen LogP) is 1.46. The largest absolute Gasteiger partial charge is 0.497 e. The molecule has 0 radical (unpaired) electrons. The average Bonchev–Trinajstić information content (AvgIpc) is 2.86. The van der Waals surface area contributed by atoms with Gasteiger partial charge >= 0.3 is 5.97 Å². The van der Waals surface area contributed by atoms with E-state index in [9.17, 15) is 4.79 Å². The quantitative estimate of drug-likeness (QED) is 0.859. The molecule has 0 aliphatic heterocycles. The van der Waals surface area contributed by atoms with E-state index in [-0.39, 0.29) is 12.3 Å². The SMILES string of the molecule is COc1ccc(-c2nnnn2CC(C)CC(=O)O)cc1. The number of hydrogen-bond acceptors (Lipinski definition) is 5. The van der Waals surface area contributed by atoms with Crippen LogP contribution in [0.15, 0.2) is 24.3 Å². The van der Waals surface area contributed by atoms with Gasteiger partial charge in [-0.25, -0.2) is 4.68 Å². The summed E-state index contributed by atoms with van der Waals surface area (Å²) < 4.78 is 6.72. The van der Waals surface area contributed by atoms with Gasteiger partial charge in [-0.2, -0.15) is 0 Å². The van der Waals surface area contributed by atoms with E-state index < -0.39 is 5.97 Å². The van der Waals surface area contributed by atoms with E-state index in [1.54, 1.807) is 11.8 Å². The van der Waals surface area contributed by atoms with Crippen LogP contribution in [-0.4, -0.2) is 38.4 Å². The molecule has 0 bridgehead atoms. The second-order valence-corrected chi connectivity index (χ2v) is 4.62. The maximum atomic E-state index is 10.7. The van der Waals surface area contributed by atoms with Crippen molar-refractivity contribution in [2.45, 2.75) is 19.9 Å². The van der Waals surface area contributed by atoms with Crippen LogP contribution in [0.2, 0.25) is 0 Å². The first-order valence-corrected chi connectivity index (χ1v) is 6.22. The third-order valence-electron chi connectivity index (χ3n) is 2.89. The lowest BCUT2D eigenvalue weighted by atomic mass is 10.1. The van der Waals surface area contributed by atoms with Crippen molar-refractivity contribution < 1.29 is 14.6 Å². The van der Waals surface area contributed by atoms with E-state index in [2.05, 4.69) is 15.5 Å². The monoisotopic (exact) mass is 276 g/mol. The van der Waals surface area contributed by atoms with E-state index in [4.69, 9.17) is 9.84 Å². The van der Waals surface area contributed by atoms with Gasteiger partial charge in [-0.3, -0.25) is 4.79 Å². The van der Waals surface area contributed by atoms with Crippen molar-refractivity contribution in [1.29, 1.82) is 0 Å². The number of methoxy groups -OCH3 is 1. The van der Waals surface area contributed by atoms with E-state index in [1.807, 2.05) is 31.2 Å². The topological polar surface area (TPSA) is 90.1 Å². The van der Waals surface area contributed by atoms with Gasteiger partial charge in [0, 0.05) is 18.5 Å². The van der Waals surface area contributed by atoms with Crippen molar-refractivity contribution in [2.24, 2.45) is 5.92 Å². The molecule has 1 heterocycles. The van der Waals surface area contributed by atoms with Crippen LogP contribution in [0.3, 0.4) is 0 Å². The highest BCUT2D eigenvalue weighted by atomic mass is 16.5. The highest BCUT2D eigenvalue weighted by Crippen LogP contribution is 2.20. The highest BCUT2D eigenvalue weighted by Gasteiger charge is 2.14. The van der Waals surface area contributed by atoms with Crippen molar-refractivity contribution in [3.63, 3.8) is 0 Å². The summed E-state index contributed by atoms with van der Waals surface area (Å²) in [6.07, 6.45) is 0.0852. The zero-order valence-electron chi connectivity index (χ0n) is 11.4. The number of rotatable bonds is 6. The molecule has 0 amide bonds. The molecule has 0 aliphatic rings. The van der Waals surface area contributed by atoms with Crippen molar-refractivity contribution in [3.05, 3.63) is 24.3 Å². The Morgan fingerprint density at radius 1 is 1.40 bits per heavy atom. The lowest BCUT2D eigenvalue weighted by Crippen LogP contribution is -2.14. The molecule has 0 aliphatic carbocycles. The number of ether oxygens (including phenoxy) is 1. The Morgan fingerprint density at radius 2 is 2.10 bits per heavy atom. The Balaban J connectivity index is 2.16. The molecular formula is C13H16N4O3. The number of aliphatic carboxylic acids is 1. The molecule has 20 heavy (non-hydrogen) atoms. The summed E-state index contributed by atoms with van der Waals surface area (Å²) in [5.41, 5.74) is 0.860. The number of carbonyl (C=O) groups is 1. The molecule has 1 aromatic heterocycles. The highest BCUT2D eigenvalue weighted by molar-refractivity contribution is 5.66. The van der Waals surface area contributed by atoms with Gasteiger partial charge < -0.3 is 9.84 Å². The van der Waals surface area contributed by atoms with Crippen LogP contribution >= 0.6 is 0 Å². The van der Waals surface area contributed by atoms with E-state index in [0.717, 1.165) is 11.3 Å². The van der Waals surface area contributed by atoms with Crippen molar-refractivity contribution in [3.8, 4) is 17.1 Å². The van der Waals surface area contributed by atoms with Crippen LogP contribution in [0.4, 0.5) is 0 Å². The molecule has 2 rings (SSSR count). The van der Waals surface area contributed by atoms with Gasteiger partial charge in [0.2, 0.25) is 0 Å². The minimum atomic E-state index is -0.823. The van der Waals surface area contributed by atoms with Gasteiger partial charge in [-0.05, 0) is 40.6 Å². The molecule has 1 unspecified atom stereocenters. The Kier molecular flexibility index (Phi) is 4.29. The molecule has 106 valence electrons. The lowest BCUT2D eigenvalue weighted by Gasteiger charge is -2.10. The number of carboxylic acid groups (broad SMARTS) is 1. The molecule has 0 spiro atoms. The van der Waals surface area contributed by atoms with E-state index in [1.165, 1.54) is 0 Å². The third kappa shape index (κ3) is 3.31. The zero-order valence-corrected chi connectivity index (χ0v) is 11.4. The predicted molar refractivity (Wildman–Crippen MR) is 71.2 cm³/mol. The van der Waals surface area contributed by atoms with Gasteiger partial charge in [-0.15, -0.1) is 5.10 Å². The summed E-state index contributed by atoms with van der Waals surface area (Å²) in [5.74, 6) is 0.501. The number of tetrazole rings is 1. The first kappa shape index (κ1) is 14.0. The van der Waals surface area contributed by atoms with Gasteiger partial charge in [0.05, 0.1) is 7.11 Å². The molecule has 0 saturated heterocycles. The summed E-state index contributed by atoms with van der Waals surface area (Å²) >= 11 is 0. The van der Waals surface area contributed by atoms with Crippen LogP contribution in [0.5, 0.6) is 5.75 Å². The van der Waals surface area contributed by atoms with Crippen molar-refractivity contribution in [1.82, 2.24) is 20.2 Å². The number of carboxylic acids is 1. The molecule has 7 heteroatoms. The standard InChI is InChI=1S/C13H16N4O3/c1-9(7-12(18)19)8-17-13(14-15-16-17)10-3-5-11(20-2)6-4-10/h3-6,9H,7-8H2,1-2H3,(H,18,19). The third-order valence-corrected chi connectivity index (χ3v) is 2.89. The summed E-state index contributed by atoms with van der Waals surface area (Å²) in [5, 5.41) is 20.3. The summed E-state index contributed by atoms with van der Waals surface area (Å²) in [7, 11) is 1.60. The maximum absolute atomic E-state index is 10.7. The molecular weight excluding hydrogens is 260 g/mol. The minimum Gasteiger partial charge on any atom is -0.497 e. The van der Waals surface area contributed by atoms with Crippen LogP contribution < -0.4 is 4.74 Å². The van der Waals surface area contributed by atoms with Crippen LogP contribution in [0.25, 0.3) is 11.4 Å². The summed E-state index contributed by atoms with van der Waals surface area (Å²) in [4.78, 5) is 10.7. The second kappa shape index (κ2) is 6.14. The first-order chi connectivity index (χ1) is 9.60. The van der Waals surface area contributed by atoms with Gasteiger partial charge in [0.25, 0.3) is 0 Å². The molecule has 0 saturated carbocycles. The first-order valence-electron chi connectivity index (χ1n) is 6.22. The Morgan fingerprint density at radius 3 is 2.70 bits per heavy atom. The van der Waals surface area contributed by atoms with Crippen LogP contribution in [-0.2, 0) is 11.3 Å². The smallest absolute Gasteiger partial charge is 0.303 e. The van der Waals surface area contributed by atoms with Gasteiger partial charge in [0.15, 0.2) is 5.82 Å². The fourth-order valence-electron chi connectivity index (χ4n) is 1.93. The maximum Gasteiger partial charge on any atom is 0.303 e. The van der Waals surface area contributed by atoms with E-state index >= 15 is 0 Å². The average molecular weight is 276 g/mol. The lowest BCUT2D eigenvalue weighted by molar-refractivity contribution is -0.138. The molecule has 7 nitrogen and oxygen atoms in total. The summed E-state index contributed by atoms with van der Waals surface area (Å²) in [6.45, 7) is 2.31. The second-order valence-electron chi connectivity index (χ2n) is 4.62. The number of hydrogen-bond donors (Lipinski definition) is 1.